The molecule has 0 saturated carbocycles. The monoisotopic (exact) mass is 304 g/mol. The van der Waals surface area contributed by atoms with Crippen molar-refractivity contribution in [1.29, 1.82) is 0 Å². The highest BCUT2D eigenvalue weighted by atomic mass is 16.2. The molecule has 0 bridgehead atoms. The number of benzene rings is 1. The van der Waals surface area contributed by atoms with E-state index >= 15 is 0 Å². The van der Waals surface area contributed by atoms with Gasteiger partial charge in [-0.05, 0) is 30.0 Å². The van der Waals surface area contributed by atoms with Gasteiger partial charge in [0.25, 0.3) is 0 Å². The third-order valence-corrected chi connectivity index (χ3v) is 3.27. The zero-order valence-corrected chi connectivity index (χ0v) is 14.3. The van der Waals surface area contributed by atoms with Gasteiger partial charge in [0, 0.05) is 23.7 Å². The summed E-state index contributed by atoms with van der Waals surface area (Å²) in [5.74, 6) is -0.0144. The average molecular weight is 304 g/mol. The molecule has 1 unspecified atom stereocenters. The summed E-state index contributed by atoms with van der Waals surface area (Å²) in [6.45, 7) is 10.1. The first-order valence-electron chi connectivity index (χ1n) is 7.92. The standard InChI is InChI=1S/C18H28N2O2/c1-6-8-13(2)17(22)20-15-10-7-9-14(11-15)19-16(21)12-18(3,4)5/h7,9-11,13H,6,8,12H2,1-5H3,(H,19,21)(H,20,22). The number of hydrogen-bond acceptors (Lipinski definition) is 2. The van der Waals surface area contributed by atoms with Crippen molar-refractivity contribution in [3.8, 4) is 0 Å². The molecule has 0 aromatic heterocycles. The summed E-state index contributed by atoms with van der Waals surface area (Å²) in [6, 6.07) is 7.27. The molecule has 4 nitrogen and oxygen atoms in total. The van der Waals surface area contributed by atoms with E-state index in [9.17, 15) is 9.59 Å². The predicted molar refractivity (Wildman–Crippen MR) is 91.8 cm³/mol. The number of amides is 2. The number of carbonyl (C=O) groups is 2. The molecule has 1 atom stereocenters. The van der Waals surface area contributed by atoms with Crippen LogP contribution in [0.1, 0.15) is 53.9 Å². The number of rotatable bonds is 6. The summed E-state index contributed by atoms with van der Waals surface area (Å²) in [6.07, 6.45) is 2.31. The van der Waals surface area contributed by atoms with Crippen LogP contribution < -0.4 is 10.6 Å². The van der Waals surface area contributed by atoms with Gasteiger partial charge in [0.1, 0.15) is 0 Å². The Morgan fingerprint density at radius 2 is 1.73 bits per heavy atom. The second-order valence-corrected chi connectivity index (χ2v) is 7.05. The van der Waals surface area contributed by atoms with Gasteiger partial charge in [-0.25, -0.2) is 0 Å². The lowest BCUT2D eigenvalue weighted by Gasteiger charge is -2.17. The third kappa shape index (κ3) is 6.74. The number of anilines is 2. The Kier molecular flexibility index (Phi) is 6.60. The molecule has 122 valence electrons. The molecule has 1 rings (SSSR count). The van der Waals surface area contributed by atoms with E-state index in [1.807, 2.05) is 45.9 Å². The Morgan fingerprint density at radius 1 is 1.14 bits per heavy atom. The van der Waals surface area contributed by atoms with Gasteiger partial charge in [-0.15, -0.1) is 0 Å². The van der Waals surface area contributed by atoms with Crippen molar-refractivity contribution in [3.63, 3.8) is 0 Å². The lowest BCUT2D eigenvalue weighted by Crippen LogP contribution is -2.21. The largest absolute Gasteiger partial charge is 0.326 e. The highest BCUT2D eigenvalue weighted by molar-refractivity contribution is 5.95. The Labute approximate surface area is 133 Å². The first-order valence-corrected chi connectivity index (χ1v) is 7.92. The molecule has 0 saturated heterocycles. The van der Waals surface area contributed by atoms with Crippen LogP contribution in [0.4, 0.5) is 11.4 Å². The maximum atomic E-state index is 12.0. The van der Waals surface area contributed by atoms with Crippen molar-refractivity contribution in [2.75, 3.05) is 10.6 Å². The van der Waals surface area contributed by atoms with Crippen LogP contribution in [0.2, 0.25) is 0 Å². The molecule has 0 aliphatic carbocycles. The fourth-order valence-corrected chi connectivity index (χ4v) is 2.19. The fraction of sp³-hybridized carbons (Fsp3) is 0.556. The van der Waals surface area contributed by atoms with Crippen LogP contribution in [0, 0.1) is 11.3 Å². The molecular formula is C18H28N2O2. The second-order valence-electron chi connectivity index (χ2n) is 7.05. The van der Waals surface area contributed by atoms with Gasteiger partial charge in [-0.1, -0.05) is 47.1 Å². The Balaban J connectivity index is 2.66. The first kappa shape index (κ1) is 18.2. The van der Waals surface area contributed by atoms with Crippen molar-refractivity contribution < 1.29 is 9.59 Å². The zero-order valence-electron chi connectivity index (χ0n) is 14.3. The summed E-state index contributed by atoms with van der Waals surface area (Å²) in [7, 11) is 0. The average Bonchev–Trinajstić information content (AvgIpc) is 2.36. The Morgan fingerprint density at radius 3 is 2.27 bits per heavy atom. The quantitative estimate of drug-likeness (QED) is 0.816. The molecule has 0 fully saturated rings. The van der Waals surface area contributed by atoms with Crippen LogP contribution in [-0.2, 0) is 9.59 Å². The molecular weight excluding hydrogens is 276 g/mol. The van der Waals surface area contributed by atoms with E-state index < -0.39 is 0 Å². The van der Waals surface area contributed by atoms with Crippen LogP contribution in [0.5, 0.6) is 0 Å². The minimum absolute atomic E-state index is 0.0101. The highest BCUT2D eigenvalue weighted by Crippen LogP contribution is 2.21. The summed E-state index contributed by atoms with van der Waals surface area (Å²) in [4.78, 5) is 24.0. The molecule has 22 heavy (non-hydrogen) atoms. The van der Waals surface area contributed by atoms with E-state index in [1.54, 1.807) is 6.07 Å². The predicted octanol–water partition coefficient (Wildman–Crippen LogP) is 4.44. The van der Waals surface area contributed by atoms with E-state index in [0.29, 0.717) is 17.8 Å². The van der Waals surface area contributed by atoms with Gasteiger partial charge in [0.2, 0.25) is 11.8 Å². The van der Waals surface area contributed by atoms with E-state index in [4.69, 9.17) is 0 Å². The minimum atomic E-state index is -0.0501. The van der Waals surface area contributed by atoms with Crippen molar-refractivity contribution in [2.24, 2.45) is 11.3 Å². The lowest BCUT2D eigenvalue weighted by molar-refractivity contribution is -0.119. The normalized spacial score (nSPS) is 12.6. The fourth-order valence-electron chi connectivity index (χ4n) is 2.19. The Bertz CT molecular complexity index is 518. The molecule has 2 N–H and O–H groups in total. The molecule has 1 aromatic carbocycles. The van der Waals surface area contributed by atoms with E-state index in [0.717, 1.165) is 12.8 Å². The zero-order chi connectivity index (χ0) is 16.8. The van der Waals surface area contributed by atoms with Gasteiger partial charge in [0.15, 0.2) is 0 Å². The van der Waals surface area contributed by atoms with Gasteiger partial charge in [-0.3, -0.25) is 9.59 Å². The summed E-state index contributed by atoms with van der Waals surface area (Å²) in [5, 5.41) is 5.77. The topological polar surface area (TPSA) is 58.2 Å². The highest BCUT2D eigenvalue weighted by Gasteiger charge is 2.16. The number of nitrogens with one attached hydrogen (secondary N) is 2. The maximum absolute atomic E-state index is 12.0. The smallest absolute Gasteiger partial charge is 0.227 e. The summed E-state index contributed by atoms with van der Waals surface area (Å²) >= 11 is 0. The molecule has 2 amide bonds. The maximum Gasteiger partial charge on any atom is 0.227 e. The van der Waals surface area contributed by atoms with Gasteiger partial charge < -0.3 is 10.6 Å². The van der Waals surface area contributed by atoms with Crippen LogP contribution in [-0.4, -0.2) is 11.8 Å². The summed E-state index contributed by atoms with van der Waals surface area (Å²) in [5.41, 5.74) is 1.36. The molecule has 0 aliphatic rings. The van der Waals surface area contributed by atoms with Gasteiger partial charge in [-0.2, -0.15) is 0 Å². The lowest BCUT2D eigenvalue weighted by atomic mass is 9.92. The molecule has 4 heteroatoms. The Hall–Kier alpha value is -1.84. The van der Waals surface area contributed by atoms with Crippen molar-refractivity contribution in [2.45, 2.75) is 53.9 Å². The molecule has 0 heterocycles. The minimum Gasteiger partial charge on any atom is -0.326 e. The van der Waals surface area contributed by atoms with Gasteiger partial charge >= 0.3 is 0 Å². The molecule has 0 spiro atoms. The van der Waals surface area contributed by atoms with E-state index in [2.05, 4.69) is 17.6 Å². The van der Waals surface area contributed by atoms with Crippen molar-refractivity contribution in [1.82, 2.24) is 0 Å². The summed E-state index contributed by atoms with van der Waals surface area (Å²) < 4.78 is 0. The SMILES string of the molecule is CCCC(C)C(=O)Nc1cccc(NC(=O)CC(C)(C)C)c1. The van der Waals surface area contributed by atoms with Crippen LogP contribution in [0.3, 0.4) is 0 Å². The van der Waals surface area contributed by atoms with Crippen molar-refractivity contribution in [3.05, 3.63) is 24.3 Å². The van der Waals surface area contributed by atoms with Crippen LogP contribution >= 0.6 is 0 Å². The first-order chi connectivity index (χ1) is 10.2. The van der Waals surface area contributed by atoms with E-state index in [1.165, 1.54) is 0 Å². The second kappa shape index (κ2) is 7.97. The van der Waals surface area contributed by atoms with E-state index in [-0.39, 0.29) is 23.1 Å². The van der Waals surface area contributed by atoms with Crippen LogP contribution in [0.15, 0.2) is 24.3 Å². The van der Waals surface area contributed by atoms with Crippen molar-refractivity contribution >= 4 is 23.2 Å². The molecule has 1 aromatic rings. The number of carbonyl (C=O) groups excluding carboxylic acids is 2. The molecule has 0 aliphatic heterocycles. The molecule has 0 radical (unpaired) electrons. The van der Waals surface area contributed by atoms with Gasteiger partial charge in [0.05, 0.1) is 0 Å². The van der Waals surface area contributed by atoms with Crippen LogP contribution in [0.25, 0.3) is 0 Å². The number of hydrogen-bond donors (Lipinski definition) is 2. The third-order valence-electron chi connectivity index (χ3n) is 3.27.